The van der Waals surface area contributed by atoms with Gasteiger partial charge in [-0.2, -0.15) is 0 Å². The summed E-state index contributed by atoms with van der Waals surface area (Å²) < 4.78 is 2.70. The van der Waals surface area contributed by atoms with Gasteiger partial charge >= 0.3 is 0 Å². The van der Waals surface area contributed by atoms with Gasteiger partial charge in [0.2, 0.25) is 17.8 Å². The van der Waals surface area contributed by atoms with E-state index in [0.717, 1.165) is 28.8 Å². The van der Waals surface area contributed by atoms with Gasteiger partial charge in [0.1, 0.15) is 11.2 Å². The number of aromatic nitrogens is 3. The first-order valence-corrected chi connectivity index (χ1v) is 10.2. The summed E-state index contributed by atoms with van der Waals surface area (Å²) in [6, 6.07) is 14.5. The molecule has 0 radical (unpaired) electrons. The minimum atomic E-state index is -0.366. The van der Waals surface area contributed by atoms with Crippen LogP contribution in [-0.4, -0.2) is 26.7 Å². The van der Waals surface area contributed by atoms with Gasteiger partial charge in [-0.05, 0) is 49.2 Å². The molecule has 2 N–H and O–H groups in total. The van der Waals surface area contributed by atoms with Crippen LogP contribution in [0, 0.1) is 11.8 Å². The number of rotatable bonds is 3. The molecule has 7 heteroatoms. The van der Waals surface area contributed by atoms with Gasteiger partial charge in [0.15, 0.2) is 0 Å². The third-order valence-electron chi connectivity index (χ3n) is 5.18. The zero-order valence-corrected chi connectivity index (χ0v) is 17.0. The van der Waals surface area contributed by atoms with Crippen molar-refractivity contribution >= 4 is 16.9 Å². The molecule has 0 bridgehead atoms. The van der Waals surface area contributed by atoms with Crippen LogP contribution in [0.5, 0.6) is 0 Å². The van der Waals surface area contributed by atoms with Crippen LogP contribution in [0.15, 0.2) is 78.1 Å². The predicted molar refractivity (Wildman–Crippen MR) is 124 cm³/mol. The van der Waals surface area contributed by atoms with Crippen molar-refractivity contribution in [3.8, 4) is 17.5 Å². The van der Waals surface area contributed by atoms with Crippen LogP contribution in [0.25, 0.3) is 16.7 Å². The second-order valence-electron chi connectivity index (χ2n) is 7.64. The number of carbonyl (C=O) groups is 1. The first-order valence-electron chi connectivity index (χ1n) is 10.2. The third kappa shape index (κ3) is 4.60. The van der Waals surface area contributed by atoms with Crippen molar-refractivity contribution < 1.29 is 14.7 Å². The predicted octanol–water partition coefficient (Wildman–Crippen LogP) is 2.84. The molecule has 0 aliphatic heterocycles. The van der Waals surface area contributed by atoms with Gasteiger partial charge in [0.05, 0.1) is 10.9 Å². The first-order chi connectivity index (χ1) is 15.6. The van der Waals surface area contributed by atoms with Crippen molar-refractivity contribution in [2.24, 2.45) is 0 Å². The van der Waals surface area contributed by atoms with E-state index < -0.39 is 0 Å². The van der Waals surface area contributed by atoms with Crippen LogP contribution in [-0.2, 0) is 0 Å². The lowest BCUT2D eigenvalue weighted by Gasteiger charge is -2.13. The van der Waals surface area contributed by atoms with Crippen LogP contribution >= 0.6 is 0 Å². The van der Waals surface area contributed by atoms with Crippen LogP contribution in [0.2, 0.25) is 0 Å². The molecule has 1 amide bonds. The van der Waals surface area contributed by atoms with Crippen LogP contribution in [0.1, 0.15) is 41.8 Å². The normalized spacial score (nSPS) is 12.4. The zero-order valence-electron chi connectivity index (χ0n) is 17.0. The fourth-order valence-electron chi connectivity index (χ4n) is 3.42. The van der Waals surface area contributed by atoms with Gasteiger partial charge in [-0.3, -0.25) is 14.8 Å². The summed E-state index contributed by atoms with van der Waals surface area (Å²) in [6.07, 6.45) is 8.07. The molecular formula is C26H23N4O3+. The molecular weight excluding hydrogens is 416 g/mol. The Morgan fingerprint density at radius 3 is 2.70 bits per heavy atom. The Kier molecular flexibility index (Phi) is 5.92. The quantitative estimate of drug-likeness (QED) is 0.292. The van der Waals surface area contributed by atoms with E-state index in [2.05, 4.69) is 22.1 Å². The van der Waals surface area contributed by atoms with E-state index in [-0.39, 0.29) is 30.4 Å². The van der Waals surface area contributed by atoms with Gasteiger partial charge < -0.3 is 9.88 Å². The molecule has 1 aliphatic carbocycles. The molecule has 1 saturated carbocycles. The topological polar surface area (TPSA) is 88.1 Å². The largest absolute Gasteiger partial charge is 0.349 e. The van der Waals surface area contributed by atoms with Gasteiger partial charge in [-0.1, -0.05) is 25.3 Å². The summed E-state index contributed by atoms with van der Waals surface area (Å²) in [5.74, 6) is 5.73. The number of nitrogens with one attached hydrogen (secondary N) is 1. The zero-order chi connectivity index (χ0) is 22.1. The van der Waals surface area contributed by atoms with Gasteiger partial charge in [0, 0.05) is 40.5 Å². The van der Waals surface area contributed by atoms with Gasteiger partial charge in [0.25, 0.3) is 5.91 Å². The number of fused-ring (bicyclic) bond motifs is 1. The Bertz CT molecular complexity index is 1480. The minimum Gasteiger partial charge on any atom is -0.349 e. The Balaban J connectivity index is 0.00000259. The first kappa shape index (κ1) is 21.8. The van der Waals surface area contributed by atoms with E-state index in [9.17, 15) is 14.8 Å². The molecule has 4 aromatic rings. The van der Waals surface area contributed by atoms with Crippen LogP contribution in [0.4, 0.5) is 0 Å². The lowest BCUT2D eigenvalue weighted by molar-refractivity contribution is -0.904. The number of benzene rings is 1. The van der Waals surface area contributed by atoms with Gasteiger partial charge in [-0.15, -0.1) is 0 Å². The molecule has 1 aliphatic rings. The van der Waals surface area contributed by atoms with Crippen molar-refractivity contribution in [1.82, 2.24) is 14.9 Å². The average molecular weight is 439 g/mol. The molecule has 33 heavy (non-hydrogen) atoms. The van der Waals surface area contributed by atoms with Crippen LogP contribution in [0.3, 0.4) is 0 Å². The molecule has 1 fully saturated rings. The molecule has 0 atom stereocenters. The highest BCUT2D eigenvalue weighted by Gasteiger charge is 2.26. The van der Waals surface area contributed by atoms with E-state index in [0.29, 0.717) is 16.6 Å². The fourth-order valence-corrected chi connectivity index (χ4v) is 3.42. The fraction of sp³-hybridized carbons (Fsp3) is 0.154. The molecule has 7 nitrogen and oxygen atoms in total. The van der Waals surface area contributed by atoms with E-state index in [1.54, 1.807) is 41.2 Å². The second kappa shape index (κ2) is 8.97. The Hall–Kier alpha value is -4.44. The van der Waals surface area contributed by atoms with Crippen molar-refractivity contribution in [2.45, 2.75) is 26.3 Å². The average Bonchev–Trinajstić information content (AvgIpc) is 3.62. The van der Waals surface area contributed by atoms with Crippen molar-refractivity contribution in [3.05, 3.63) is 100 Å². The van der Waals surface area contributed by atoms with E-state index in [1.165, 1.54) is 12.4 Å². The summed E-state index contributed by atoms with van der Waals surface area (Å²) in [7, 11) is 0. The molecule has 164 valence electrons. The third-order valence-corrected chi connectivity index (χ3v) is 5.18. The van der Waals surface area contributed by atoms with Crippen LogP contribution < -0.4 is 15.5 Å². The Morgan fingerprint density at radius 2 is 1.91 bits per heavy atom. The highest BCUT2D eigenvalue weighted by atomic mass is 16.5. The molecule has 0 unspecified atom stereocenters. The summed E-state index contributed by atoms with van der Waals surface area (Å²) in [5.41, 5.74) is 2.35. The SMILES string of the molecule is C.O=C(NC1CC1)c1cn(-c2cccc(C#Cc3ccc[n+](O)c3)c2)c2ncccc2c1=O. The molecule has 3 heterocycles. The van der Waals surface area contributed by atoms with E-state index in [4.69, 9.17) is 0 Å². The number of nitrogens with zero attached hydrogens (tertiary/aromatic N) is 3. The molecule has 0 spiro atoms. The second-order valence-corrected chi connectivity index (χ2v) is 7.64. The highest BCUT2D eigenvalue weighted by molar-refractivity contribution is 5.97. The number of pyridine rings is 3. The molecule has 3 aromatic heterocycles. The monoisotopic (exact) mass is 439 g/mol. The van der Waals surface area contributed by atoms with Gasteiger partial charge in [-0.25, -0.2) is 4.98 Å². The van der Waals surface area contributed by atoms with E-state index in [1.807, 2.05) is 24.3 Å². The number of hydrogen-bond donors (Lipinski definition) is 2. The maximum absolute atomic E-state index is 13.0. The number of hydrogen-bond acceptors (Lipinski definition) is 4. The highest BCUT2D eigenvalue weighted by Crippen LogP contribution is 2.20. The maximum Gasteiger partial charge on any atom is 0.257 e. The lowest BCUT2D eigenvalue weighted by Crippen LogP contribution is -2.31. The lowest BCUT2D eigenvalue weighted by atomic mass is 10.1. The molecule has 5 rings (SSSR count). The van der Waals surface area contributed by atoms with Crippen molar-refractivity contribution in [3.63, 3.8) is 0 Å². The summed E-state index contributed by atoms with van der Waals surface area (Å²) >= 11 is 0. The maximum atomic E-state index is 13.0. The minimum absolute atomic E-state index is 0. The summed E-state index contributed by atoms with van der Waals surface area (Å²) in [4.78, 5) is 30.0. The molecule has 0 saturated heterocycles. The van der Waals surface area contributed by atoms with Crippen molar-refractivity contribution in [1.29, 1.82) is 0 Å². The van der Waals surface area contributed by atoms with E-state index >= 15 is 0 Å². The number of amides is 1. The smallest absolute Gasteiger partial charge is 0.257 e. The Labute approximate surface area is 190 Å². The number of carbonyl (C=O) groups excluding carboxylic acids is 1. The van der Waals surface area contributed by atoms with Crippen molar-refractivity contribution in [2.75, 3.05) is 0 Å². The molecule has 1 aromatic carbocycles. The standard InChI is InChI=1S/C25H18N4O3.CH4/c30-23-21-7-2-12-26-24(21)29(16-22(23)25(31)27-19-10-11-19)20-6-1-4-17(14-20)8-9-18-5-3-13-28(32)15-18;/h1-7,12-16,19H,10-11H2,(H-,27,31,32);1H4/p+1. The Morgan fingerprint density at radius 1 is 1.12 bits per heavy atom. The summed E-state index contributed by atoms with van der Waals surface area (Å²) in [6.45, 7) is 0. The summed E-state index contributed by atoms with van der Waals surface area (Å²) in [5, 5.41) is 12.8.